The Morgan fingerprint density at radius 3 is 1.71 bits per heavy atom. The monoisotopic (exact) mass is 649 g/mol. The zero-order valence-corrected chi connectivity index (χ0v) is 31.3. The van der Waals surface area contributed by atoms with Crippen molar-refractivity contribution in [2.24, 2.45) is 0 Å². The van der Waals surface area contributed by atoms with Gasteiger partial charge in [-0.3, -0.25) is 0 Å². The number of hydrogen-bond donors (Lipinski definition) is 0. The van der Waals surface area contributed by atoms with Crippen molar-refractivity contribution in [1.82, 2.24) is 0 Å². The SMILES string of the molecule is CCCCCCCCCCCCCCCCCC#CCCCc1ccccc1C(=CC(=C=[N+]=[N-])CCCC)c1ccc(CCCC)cc1. The van der Waals surface area contributed by atoms with Gasteiger partial charge in [-0.05, 0) is 78.8 Å². The fourth-order valence-corrected chi connectivity index (χ4v) is 6.44. The van der Waals surface area contributed by atoms with Gasteiger partial charge in [-0.15, -0.1) is 16.6 Å². The van der Waals surface area contributed by atoms with Crippen LogP contribution in [0, 0.1) is 11.8 Å². The average Bonchev–Trinajstić information content (AvgIpc) is 3.11. The summed E-state index contributed by atoms with van der Waals surface area (Å²) in [5, 5.41) is 0. The number of unbranched alkanes of at least 4 members (excludes halogenated alkanes) is 18. The average molecular weight is 649 g/mol. The molecule has 0 fully saturated rings. The van der Waals surface area contributed by atoms with Crippen molar-refractivity contribution >= 4 is 11.4 Å². The first-order chi connectivity index (χ1) is 23.7. The molecule has 0 amide bonds. The van der Waals surface area contributed by atoms with Gasteiger partial charge < -0.3 is 5.53 Å². The molecule has 0 saturated heterocycles. The van der Waals surface area contributed by atoms with Crippen LogP contribution >= 0.6 is 0 Å². The van der Waals surface area contributed by atoms with Crippen LogP contribution in [0.4, 0.5) is 0 Å². The molecule has 0 aliphatic carbocycles. The molecular formula is C46H68N2. The van der Waals surface area contributed by atoms with Gasteiger partial charge in [-0.1, -0.05) is 172 Å². The lowest BCUT2D eigenvalue weighted by atomic mass is 9.89. The highest BCUT2D eigenvalue weighted by molar-refractivity contribution is 5.84. The number of nitrogens with zero attached hydrogens (tertiary/aromatic N) is 2. The molecular weight excluding hydrogens is 581 g/mol. The quantitative estimate of drug-likeness (QED) is 0.0231. The topological polar surface area (TPSA) is 36.4 Å². The molecule has 0 radical (unpaired) electrons. The number of benzene rings is 2. The van der Waals surface area contributed by atoms with Gasteiger partial charge in [0.05, 0.1) is 5.57 Å². The van der Waals surface area contributed by atoms with E-state index in [1.165, 1.54) is 137 Å². The van der Waals surface area contributed by atoms with E-state index in [0.29, 0.717) is 0 Å². The number of allylic oxidation sites excluding steroid dienone is 2. The zero-order valence-electron chi connectivity index (χ0n) is 31.3. The molecule has 0 saturated carbocycles. The summed E-state index contributed by atoms with van der Waals surface area (Å²) in [4.78, 5) is 3.29. The molecule has 0 aliphatic heterocycles. The Labute approximate surface area is 296 Å². The lowest BCUT2D eigenvalue weighted by Crippen LogP contribution is -1.98. The molecule has 0 N–H and O–H groups in total. The van der Waals surface area contributed by atoms with Gasteiger partial charge >= 0.3 is 5.87 Å². The smallest absolute Gasteiger partial charge is 0.303 e. The van der Waals surface area contributed by atoms with Crippen molar-refractivity contribution in [2.45, 2.75) is 181 Å². The highest BCUT2D eigenvalue weighted by atomic mass is 14.8. The Bertz CT molecular complexity index is 1280. The second-order valence-corrected chi connectivity index (χ2v) is 13.8. The van der Waals surface area contributed by atoms with Crippen molar-refractivity contribution in [3.63, 3.8) is 0 Å². The molecule has 2 aromatic rings. The van der Waals surface area contributed by atoms with E-state index in [9.17, 15) is 5.53 Å². The van der Waals surface area contributed by atoms with Gasteiger partial charge in [0.1, 0.15) is 0 Å². The van der Waals surface area contributed by atoms with Crippen LogP contribution in [0.25, 0.3) is 11.1 Å². The van der Waals surface area contributed by atoms with E-state index in [1.807, 2.05) is 0 Å². The van der Waals surface area contributed by atoms with Crippen LogP contribution in [0.3, 0.4) is 0 Å². The summed E-state index contributed by atoms with van der Waals surface area (Å²) in [6.45, 7) is 6.72. The molecule has 0 bridgehead atoms. The molecule has 0 aliphatic rings. The molecule has 0 heterocycles. The van der Waals surface area contributed by atoms with E-state index in [1.54, 1.807) is 0 Å². The molecule has 2 rings (SSSR count). The van der Waals surface area contributed by atoms with Crippen molar-refractivity contribution in [1.29, 1.82) is 0 Å². The third kappa shape index (κ3) is 19.0. The Hall–Kier alpha value is -3.10. The lowest BCUT2D eigenvalue weighted by Gasteiger charge is -2.15. The summed E-state index contributed by atoms with van der Waals surface area (Å²) in [5.74, 6) is 9.77. The van der Waals surface area contributed by atoms with Gasteiger partial charge in [0.25, 0.3) is 0 Å². The van der Waals surface area contributed by atoms with Crippen molar-refractivity contribution in [2.75, 3.05) is 0 Å². The first-order valence-electron chi connectivity index (χ1n) is 20.0. The van der Waals surface area contributed by atoms with E-state index in [-0.39, 0.29) is 0 Å². The molecule has 0 atom stereocenters. The Balaban J connectivity index is 1.81. The Morgan fingerprint density at radius 1 is 0.583 bits per heavy atom. The second kappa shape index (κ2) is 28.9. The number of rotatable bonds is 27. The summed E-state index contributed by atoms with van der Waals surface area (Å²) < 4.78 is 0. The van der Waals surface area contributed by atoms with E-state index in [0.717, 1.165) is 56.9 Å². The predicted octanol–water partition coefficient (Wildman–Crippen LogP) is 14.1. The number of hydrogen-bond acceptors (Lipinski definition) is 0. The molecule has 2 nitrogen and oxygen atoms in total. The summed E-state index contributed by atoms with van der Waals surface area (Å²) in [6, 6.07) is 17.8. The van der Waals surface area contributed by atoms with Crippen molar-refractivity contribution in [3.8, 4) is 11.8 Å². The fraction of sp³-hybridized carbons (Fsp3) is 0.609. The van der Waals surface area contributed by atoms with Crippen LogP contribution in [0.5, 0.6) is 0 Å². The lowest BCUT2D eigenvalue weighted by molar-refractivity contribution is 0.00746. The van der Waals surface area contributed by atoms with Crippen LogP contribution in [-0.2, 0) is 12.8 Å². The maximum atomic E-state index is 9.35. The van der Waals surface area contributed by atoms with Crippen LogP contribution in [-0.4, -0.2) is 10.7 Å². The molecule has 2 aromatic carbocycles. The summed E-state index contributed by atoms with van der Waals surface area (Å²) >= 11 is 0. The predicted molar refractivity (Wildman–Crippen MR) is 210 cm³/mol. The summed E-state index contributed by atoms with van der Waals surface area (Å²) in [5.41, 5.74) is 16.6. The van der Waals surface area contributed by atoms with Crippen LogP contribution in [0.2, 0.25) is 0 Å². The molecule has 2 heteroatoms. The minimum absolute atomic E-state index is 0.843. The van der Waals surface area contributed by atoms with E-state index in [2.05, 4.69) is 97.9 Å². The summed E-state index contributed by atoms with van der Waals surface area (Å²) in [6.07, 6.45) is 33.8. The van der Waals surface area contributed by atoms with Crippen LogP contribution in [0.1, 0.15) is 191 Å². The molecule has 48 heavy (non-hydrogen) atoms. The second-order valence-electron chi connectivity index (χ2n) is 13.8. The molecule has 0 spiro atoms. The standard InChI is InChI=1S/C46H68N2/c1-4-7-10-11-12-13-14-15-16-17-18-19-20-21-22-23-24-25-26-27-32-43-33-28-29-34-45(43)46(39-42(40-48-47)31-9-6-3)44-37-35-41(36-38-44)30-8-5-2/h28-29,33-39H,4-23,26-27,30-32H2,1-3H3. The van der Waals surface area contributed by atoms with E-state index >= 15 is 0 Å². The van der Waals surface area contributed by atoms with Gasteiger partial charge in [-0.2, -0.15) is 0 Å². The van der Waals surface area contributed by atoms with Gasteiger partial charge in [0.15, 0.2) is 0 Å². The van der Waals surface area contributed by atoms with Gasteiger partial charge in [0, 0.05) is 12.8 Å². The molecule has 0 aromatic heterocycles. The summed E-state index contributed by atoms with van der Waals surface area (Å²) in [7, 11) is 0. The minimum atomic E-state index is 0.843. The zero-order chi connectivity index (χ0) is 34.3. The maximum Gasteiger partial charge on any atom is 0.303 e. The van der Waals surface area contributed by atoms with Gasteiger partial charge in [0.2, 0.25) is 0 Å². The largest absolute Gasteiger partial charge is 0.348 e. The van der Waals surface area contributed by atoms with Crippen molar-refractivity contribution < 1.29 is 4.79 Å². The fourth-order valence-electron chi connectivity index (χ4n) is 6.44. The van der Waals surface area contributed by atoms with Crippen LogP contribution < -0.4 is 0 Å². The normalized spacial score (nSPS) is 11.1. The molecule has 0 unspecified atom stereocenters. The molecule has 262 valence electrons. The van der Waals surface area contributed by atoms with E-state index in [4.69, 9.17) is 0 Å². The number of aryl methyl sites for hydroxylation is 2. The third-order valence-electron chi connectivity index (χ3n) is 9.48. The maximum absolute atomic E-state index is 9.35. The highest BCUT2D eigenvalue weighted by Gasteiger charge is 2.12. The van der Waals surface area contributed by atoms with E-state index < -0.39 is 0 Å². The van der Waals surface area contributed by atoms with Crippen LogP contribution in [0.15, 0.2) is 60.2 Å². The Kier molecular flexibility index (Phi) is 24.7. The highest BCUT2D eigenvalue weighted by Crippen LogP contribution is 2.30. The minimum Gasteiger partial charge on any atom is -0.348 e. The first-order valence-corrected chi connectivity index (χ1v) is 20.0. The van der Waals surface area contributed by atoms with Crippen molar-refractivity contribution in [3.05, 3.63) is 88.0 Å². The Morgan fingerprint density at radius 2 is 1.12 bits per heavy atom. The van der Waals surface area contributed by atoms with Gasteiger partial charge in [-0.25, -0.2) is 0 Å². The first kappa shape index (κ1) is 41.1. The third-order valence-corrected chi connectivity index (χ3v) is 9.48.